The van der Waals surface area contributed by atoms with Crippen molar-refractivity contribution in [2.24, 2.45) is 0 Å². The van der Waals surface area contributed by atoms with Crippen LogP contribution in [-0.2, 0) is 17.8 Å². The number of nitrogens with zero attached hydrogens (tertiary/aromatic N) is 6. The molecule has 0 radical (unpaired) electrons. The van der Waals surface area contributed by atoms with Gasteiger partial charge in [0, 0.05) is 55.4 Å². The van der Waals surface area contributed by atoms with Crippen molar-refractivity contribution in [1.29, 1.82) is 0 Å². The molecule has 12 heteroatoms. The van der Waals surface area contributed by atoms with Gasteiger partial charge in [-0.15, -0.1) is 0 Å². The van der Waals surface area contributed by atoms with E-state index in [1.165, 1.54) is 0 Å². The first kappa shape index (κ1) is 30.0. The fourth-order valence-electron chi connectivity index (χ4n) is 5.57. The number of ketones is 1. The number of hydrogen-bond acceptors (Lipinski definition) is 5. The van der Waals surface area contributed by atoms with Crippen LogP contribution in [0.3, 0.4) is 0 Å². The van der Waals surface area contributed by atoms with E-state index in [9.17, 15) is 22.8 Å². The van der Waals surface area contributed by atoms with Gasteiger partial charge in [-0.1, -0.05) is 48.5 Å². The van der Waals surface area contributed by atoms with Gasteiger partial charge in [0.1, 0.15) is 5.78 Å². The molecule has 1 N–H and O–H groups in total. The average Bonchev–Trinajstić information content (AvgIpc) is 3.71. The highest BCUT2D eigenvalue weighted by Gasteiger charge is 2.28. The summed E-state index contributed by atoms with van der Waals surface area (Å²) in [6, 6.07) is 19.0. The summed E-state index contributed by atoms with van der Waals surface area (Å²) in [6.45, 7) is 1.79. The second kappa shape index (κ2) is 12.9. The van der Waals surface area contributed by atoms with E-state index in [4.69, 9.17) is 0 Å². The Hall–Kier alpha value is -5.00. The van der Waals surface area contributed by atoms with Gasteiger partial charge in [-0.25, -0.2) is 14.3 Å². The van der Waals surface area contributed by atoms with Crippen molar-refractivity contribution >= 4 is 17.5 Å². The summed E-state index contributed by atoms with van der Waals surface area (Å²) < 4.78 is 41.1. The van der Waals surface area contributed by atoms with Crippen LogP contribution in [0, 0.1) is 0 Å². The number of Topliss-reactive ketones (excluding diaryl/α,β-unsaturated/α-hetero) is 1. The van der Waals surface area contributed by atoms with E-state index in [0.717, 1.165) is 35.1 Å². The van der Waals surface area contributed by atoms with Gasteiger partial charge in [0.05, 0.1) is 36.7 Å². The number of carbonyl (C=O) groups is 2. The van der Waals surface area contributed by atoms with Gasteiger partial charge in [0.2, 0.25) is 0 Å². The maximum absolute atomic E-state index is 12.6. The van der Waals surface area contributed by atoms with Gasteiger partial charge in [-0.2, -0.15) is 23.4 Å². The van der Waals surface area contributed by atoms with Crippen molar-refractivity contribution in [1.82, 2.24) is 34.6 Å². The lowest BCUT2D eigenvalue weighted by Crippen LogP contribution is -2.44. The van der Waals surface area contributed by atoms with Gasteiger partial charge >= 0.3 is 12.2 Å². The minimum Gasteiger partial charge on any atom is -0.334 e. The van der Waals surface area contributed by atoms with Gasteiger partial charge < -0.3 is 10.2 Å². The van der Waals surface area contributed by atoms with Crippen LogP contribution in [0.1, 0.15) is 42.9 Å². The fourth-order valence-corrected chi connectivity index (χ4v) is 5.57. The lowest BCUT2D eigenvalue weighted by molar-refractivity contribution is -0.143. The number of likely N-dealkylation sites (tertiary alicyclic amines) is 1. The quantitative estimate of drug-likeness (QED) is 0.211. The number of rotatable bonds is 9. The van der Waals surface area contributed by atoms with Crippen molar-refractivity contribution in [3.8, 4) is 22.4 Å². The number of halogens is 3. The molecule has 9 nitrogen and oxygen atoms in total. The molecule has 0 bridgehead atoms. The number of fused-ring (bicyclic) bond motifs is 1. The predicted molar refractivity (Wildman–Crippen MR) is 162 cm³/mol. The summed E-state index contributed by atoms with van der Waals surface area (Å²) >= 11 is 0. The van der Waals surface area contributed by atoms with Crippen LogP contribution in [0.25, 0.3) is 28.0 Å². The lowest BCUT2D eigenvalue weighted by Gasteiger charge is -2.32. The molecule has 3 aromatic heterocycles. The standard InChI is InChI=1S/C33H32F3N7O2/c34-33(35,36)12-9-29(44)16-24-7-4-8-25(15-24)30-21-37-31-17-26(19-40-43(30)31)27-20-39-42(22-27)28-10-13-41(14-11-28)32(45)38-18-23-5-2-1-3-6-23/h1-8,15,17,19-22,28H,9-14,16,18H2,(H,38,45). The topological polar surface area (TPSA) is 97.4 Å². The molecular formula is C33H32F3N7O2. The fraction of sp³-hybridized carbons (Fsp3) is 0.303. The molecule has 1 fully saturated rings. The molecule has 1 aliphatic rings. The Labute approximate surface area is 257 Å². The first-order valence-corrected chi connectivity index (χ1v) is 14.8. The van der Waals surface area contributed by atoms with Crippen LogP contribution >= 0.6 is 0 Å². The van der Waals surface area contributed by atoms with Crippen LogP contribution in [0.2, 0.25) is 0 Å². The molecule has 232 valence electrons. The molecule has 2 aromatic carbocycles. The number of hydrogen-bond donors (Lipinski definition) is 1. The number of carbonyl (C=O) groups excluding carboxylic acids is 2. The molecule has 5 aromatic rings. The molecule has 6 rings (SSSR count). The molecule has 0 aliphatic carbocycles. The zero-order valence-corrected chi connectivity index (χ0v) is 24.5. The van der Waals surface area contributed by atoms with Crippen molar-refractivity contribution in [3.05, 3.63) is 96.6 Å². The molecule has 1 aliphatic heterocycles. The number of amides is 2. The van der Waals surface area contributed by atoms with E-state index in [2.05, 4.69) is 20.5 Å². The first-order chi connectivity index (χ1) is 21.7. The zero-order valence-electron chi connectivity index (χ0n) is 24.5. The number of benzene rings is 2. The Bertz CT molecular complexity index is 1790. The molecular weight excluding hydrogens is 583 g/mol. The molecule has 0 unspecified atom stereocenters. The van der Waals surface area contributed by atoms with Crippen molar-refractivity contribution in [2.45, 2.75) is 50.9 Å². The Kier molecular flexibility index (Phi) is 8.63. The summed E-state index contributed by atoms with van der Waals surface area (Å²) in [6.07, 6.45) is 2.75. The first-order valence-electron chi connectivity index (χ1n) is 14.8. The molecule has 0 spiro atoms. The second-order valence-electron chi connectivity index (χ2n) is 11.3. The molecule has 0 saturated carbocycles. The second-order valence-corrected chi connectivity index (χ2v) is 11.3. The highest BCUT2D eigenvalue weighted by atomic mass is 19.4. The number of piperidine rings is 1. The van der Waals surface area contributed by atoms with E-state index >= 15 is 0 Å². The summed E-state index contributed by atoms with van der Waals surface area (Å²) in [5, 5.41) is 12.2. The van der Waals surface area contributed by atoms with Gasteiger partial charge in [-0.3, -0.25) is 9.48 Å². The minimum absolute atomic E-state index is 0.0574. The zero-order chi connectivity index (χ0) is 31.4. The molecule has 1 saturated heterocycles. The van der Waals surface area contributed by atoms with Gasteiger partial charge in [-0.05, 0) is 36.1 Å². The van der Waals surface area contributed by atoms with Gasteiger partial charge in [0.25, 0.3) is 0 Å². The van der Waals surface area contributed by atoms with Crippen LogP contribution in [0.15, 0.2) is 85.5 Å². The average molecular weight is 616 g/mol. The van der Waals surface area contributed by atoms with Crippen molar-refractivity contribution < 1.29 is 22.8 Å². The third kappa shape index (κ3) is 7.39. The number of nitrogens with one attached hydrogen (secondary N) is 1. The third-order valence-electron chi connectivity index (χ3n) is 8.02. The number of alkyl halides is 3. The van der Waals surface area contributed by atoms with Crippen LogP contribution in [0.4, 0.5) is 18.0 Å². The smallest absolute Gasteiger partial charge is 0.334 e. The summed E-state index contributed by atoms with van der Waals surface area (Å²) in [4.78, 5) is 31.1. The Morgan fingerprint density at radius 3 is 2.40 bits per heavy atom. The lowest BCUT2D eigenvalue weighted by atomic mass is 10.0. The maximum Gasteiger partial charge on any atom is 0.389 e. The highest BCUT2D eigenvalue weighted by Crippen LogP contribution is 2.28. The molecule has 45 heavy (non-hydrogen) atoms. The molecule has 4 heterocycles. The highest BCUT2D eigenvalue weighted by molar-refractivity contribution is 5.81. The van der Waals surface area contributed by atoms with Gasteiger partial charge in [0.15, 0.2) is 5.65 Å². The predicted octanol–water partition coefficient (Wildman–Crippen LogP) is 6.26. The minimum atomic E-state index is -4.35. The number of urea groups is 1. The summed E-state index contributed by atoms with van der Waals surface area (Å²) in [5.41, 5.74) is 5.54. The third-order valence-corrected chi connectivity index (χ3v) is 8.02. The summed E-state index contributed by atoms with van der Waals surface area (Å²) in [5.74, 6) is -0.458. The normalized spacial score (nSPS) is 14.2. The van der Waals surface area contributed by atoms with E-state index < -0.39 is 24.8 Å². The van der Waals surface area contributed by atoms with Crippen molar-refractivity contribution in [2.75, 3.05) is 13.1 Å². The van der Waals surface area contributed by atoms with Crippen LogP contribution in [0.5, 0.6) is 0 Å². The SMILES string of the molecule is O=C(CCC(F)(F)F)Cc1cccc(-c2cnc3cc(-c4cnn(C5CCN(C(=O)NCc6ccccc6)CC5)c4)cnn23)c1. The van der Waals surface area contributed by atoms with E-state index in [0.29, 0.717) is 36.5 Å². The van der Waals surface area contributed by atoms with Crippen molar-refractivity contribution in [3.63, 3.8) is 0 Å². The number of aromatic nitrogens is 5. The Morgan fingerprint density at radius 1 is 0.867 bits per heavy atom. The Balaban J connectivity index is 1.07. The van der Waals surface area contributed by atoms with E-state index in [-0.39, 0.29) is 18.5 Å². The largest absolute Gasteiger partial charge is 0.389 e. The Morgan fingerprint density at radius 2 is 1.62 bits per heavy atom. The number of imidazole rings is 1. The van der Waals surface area contributed by atoms with Crippen LogP contribution < -0.4 is 5.32 Å². The van der Waals surface area contributed by atoms with Crippen LogP contribution in [-0.4, -0.2) is 60.4 Å². The molecule has 2 amide bonds. The van der Waals surface area contributed by atoms with E-state index in [1.807, 2.05) is 58.2 Å². The monoisotopic (exact) mass is 615 g/mol. The maximum atomic E-state index is 12.6. The van der Waals surface area contributed by atoms with E-state index in [1.54, 1.807) is 41.3 Å². The molecule has 0 atom stereocenters. The summed E-state index contributed by atoms with van der Waals surface area (Å²) in [7, 11) is 0.